The normalized spacial score (nSPS) is 11.2. The van der Waals surface area contributed by atoms with Gasteiger partial charge < -0.3 is 15.2 Å². The first-order valence-electron chi connectivity index (χ1n) is 8.00. The summed E-state index contributed by atoms with van der Waals surface area (Å²) in [6.45, 7) is 6.28. The van der Waals surface area contributed by atoms with Crippen LogP contribution >= 0.6 is 11.3 Å². The number of hydrogen-bond acceptors (Lipinski definition) is 3. The van der Waals surface area contributed by atoms with Gasteiger partial charge in [0, 0.05) is 34.6 Å². The number of aliphatic imine (C=N–C) groups is 1. The van der Waals surface area contributed by atoms with Crippen molar-refractivity contribution in [1.82, 2.24) is 9.47 Å². The Morgan fingerprint density at radius 1 is 1.21 bits per heavy atom. The molecular weight excluding hydrogens is 316 g/mol. The van der Waals surface area contributed by atoms with Crippen molar-refractivity contribution in [1.29, 1.82) is 0 Å². The molecule has 3 aromatic rings. The molecular formula is C19H26N4S. The van der Waals surface area contributed by atoms with Gasteiger partial charge in [0.05, 0.1) is 12.0 Å². The summed E-state index contributed by atoms with van der Waals surface area (Å²) in [6.07, 6.45) is 1.33. The van der Waals surface area contributed by atoms with Gasteiger partial charge in [0.15, 0.2) is 0 Å². The predicted octanol–water partition coefficient (Wildman–Crippen LogP) is 4.19. The van der Waals surface area contributed by atoms with E-state index in [2.05, 4.69) is 78.1 Å². The van der Waals surface area contributed by atoms with E-state index in [1.54, 1.807) is 11.3 Å². The van der Waals surface area contributed by atoms with E-state index < -0.39 is 0 Å². The third kappa shape index (κ3) is 4.94. The molecule has 128 valence electrons. The molecule has 4 nitrogen and oxygen atoms in total. The lowest BCUT2D eigenvalue weighted by Crippen LogP contribution is -2.18. The Morgan fingerprint density at radius 2 is 2.00 bits per heavy atom. The zero-order chi connectivity index (χ0) is 17.5. The molecule has 2 heterocycles. The second-order valence-electron chi connectivity index (χ2n) is 5.99. The highest BCUT2D eigenvalue weighted by Crippen LogP contribution is 2.24. The largest absolute Gasteiger partial charge is 0.390 e. The van der Waals surface area contributed by atoms with E-state index in [9.17, 15) is 0 Å². The Kier molecular flexibility index (Phi) is 6.58. The second-order valence-corrected chi connectivity index (χ2v) is 7.14. The number of nitrogens with zero attached hydrogens (tertiary/aromatic N) is 3. The molecule has 0 atom stereocenters. The number of hydrogen-bond donors (Lipinski definition) is 1. The summed E-state index contributed by atoms with van der Waals surface area (Å²) in [5.74, 6) is 0. The van der Waals surface area contributed by atoms with Crippen LogP contribution in [0.4, 0.5) is 5.69 Å². The molecule has 0 saturated carbocycles. The number of benzene rings is 1. The summed E-state index contributed by atoms with van der Waals surface area (Å²) in [4.78, 5) is 7.68. The van der Waals surface area contributed by atoms with Crippen LogP contribution in [0.2, 0.25) is 0 Å². The Balaban J connectivity index is 0.000000292. The highest BCUT2D eigenvalue weighted by Gasteiger charge is 2.06. The van der Waals surface area contributed by atoms with Gasteiger partial charge in [-0.2, -0.15) is 0 Å². The summed E-state index contributed by atoms with van der Waals surface area (Å²) in [6, 6.07) is 12.5. The van der Waals surface area contributed by atoms with Crippen LogP contribution < -0.4 is 5.73 Å². The van der Waals surface area contributed by atoms with Crippen LogP contribution in [-0.4, -0.2) is 36.4 Å². The molecule has 2 N–H and O–H groups in total. The zero-order valence-corrected chi connectivity index (χ0v) is 15.7. The Labute approximate surface area is 148 Å². The number of fused-ring (bicyclic) bond motifs is 1. The number of aromatic nitrogens is 1. The summed E-state index contributed by atoms with van der Waals surface area (Å²) in [5, 5.41) is 3.30. The van der Waals surface area contributed by atoms with Crippen LogP contribution in [0.3, 0.4) is 0 Å². The Morgan fingerprint density at radius 3 is 2.54 bits per heavy atom. The first kappa shape index (κ1) is 18.2. The van der Waals surface area contributed by atoms with Crippen LogP contribution in [0.1, 0.15) is 10.6 Å². The molecule has 0 radical (unpaired) electrons. The van der Waals surface area contributed by atoms with E-state index >= 15 is 0 Å². The number of thiophene rings is 1. The molecule has 0 spiro atoms. The molecule has 0 fully saturated rings. The minimum Gasteiger partial charge on any atom is -0.390 e. The summed E-state index contributed by atoms with van der Waals surface area (Å²) < 4.78 is 2.34. The minimum absolute atomic E-state index is 0.898. The number of rotatable bonds is 4. The van der Waals surface area contributed by atoms with Crippen LogP contribution in [0.5, 0.6) is 0 Å². The number of aryl methyl sites for hydroxylation is 2. The lowest BCUT2D eigenvalue weighted by atomic mass is 10.2. The van der Waals surface area contributed by atoms with E-state index in [0.29, 0.717) is 0 Å². The fraction of sp³-hybridized carbons (Fsp3) is 0.316. The van der Waals surface area contributed by atoms with Crippen molar-refractivity contribution in [2.24, 2.45) is 10.7 Å². The minimum atomic E-state index is 0.898. The van der Waals surface area contributed by atoms with Crippen LogP contribution in [0.15, 0.2) is 46.8 Å². The molecule has 3 rings (SSSR count). The van der Waals surface area contributed by atoms with Crippen LogP contribution in [-0.2, 0) is 6.54 Å². The molecule has 0 unspecified atom stereocenters. The van der Waals surface area contributed by atoms with Gasteiger partial charge in [0.25, 0.3) is 0 Å². The van der Waals surface area contributed by atoms with E-state index in [1.165, 1.54) is 27.8 Å². The standard InChI is InChI=1S/C14H20N4.C5H6S/c1-11-8-12-9-13(16-10-15)4-5-14(12)18(11)7-6-17(2)3;1-5-3-2-4-6-5/h4-5,8-10H,6-7H2,1-3H3,(H2,15,16);2-4H,1H3. The van der Waals surface area contributed by atoms with Crippen LogP contribution in [0, 0.1) is 13.8 Å². The fourth-order valence-corrected chi connectivity index (χ4v) is 3.05. The fourth-order valence-electron chi connectivity index (χ4n) is 2.52. The van der Waals surface area contributed by atoms with Gasteiger partial charge in [0.2, 0.25) is 0 Å². The van der Waals surface area contributed by atoms with Gasteiger partial charge in [-0.05, 0) is 63.7 Å². The van der Waals surface area contributed by atoms with Crippen molar-refractivity contribution in [2.75, 3.05) is 20.6 Å². The summed E-state index contributed by atoms with van der Waals surface area (Å²) in [7, 11) is 4.18. The average Bonchev–Trinajstić information content (AvgIpc) is 3.12. The van der Waals surface area contributed by atoms with E-state index in [0.717, 1.165) is 18.8 Å². The van der Waals surface area contributed by atoms with E-state index in [4.69, 9.17) is 5.73 Å². The lowest BCUT2D eigenvalue weighted by Gasteiger charge is -2.13. The topological polar surface area (TPSA) is 46.5 Å². The predicted molar refractivity (Wildman–Crippen MR) is 107 cm³/mol. The van der Waals surface area contributed by atoms with E-state index in [-0.39, 0.29) is 0 Å². The second kappa shape index (κ2) is 8.66. The Bertz CT molecular complexity index is 785. The summed E-state index contributed by atoms with van der Waals surface area (Å²) in [5.41, 5.74) is 8.75. The zero-order valence-electron chi connectivity index (χ0n) is 14.9. The van der Waals surface area contributed by atoms with Crippen LogP contribution in [0.25, 0.3) is 10.9 Å². The third-order valence-corrected chi connectivity index (χ3v) is 4.55. The maximum atomic E-state index is 5.32. The first-order valence-corrected chi connectivity index (χ1v) is 8.88. The smallest absolute Gasteiger partial charge is 0.0860 e. The third-order valence-electron chi connectivity index (χ3n) is 3.75. The first-order chi connectivity index (χ1) is 11.5. The molecule has 0 amide bonds. The molecule has 0 aliphatic heterocycles. The highest BCUT2D eigenvalue weighted by atomic mass is 32.1. The van der Waals surface area contributed by atoms with Crippen molar-refractivity contribution in [3.05, 3.63) is 52.3 Å². The van der Waals surface area contributed by atoms with Crippen molar-refractivity contribution >= 4 is 34.3 Å². The lowest BCUT2D eigenvalue weighted by molar-refractivity contribution is 0.385. The molecule has 24 heavy (non-hydrogen) atoms. The molecule has 5 heteroatoms. The quantitative estimate of drug-likeness (QED) is 0.571. The van der Waals surface area contributed by atoms with Gasteiger partial charge >= 0.3 is 0 Å². The average molecular weight is 343 g/mol. The molecule has 0 aliphatic rings. The number of nitrogens with two attached hydrogens (primary N) is 1. The van der Waals surface area contributed by atoms with Gasteiger partial charge in [-0.3, -0.25) is 0 Å². The van der Waals surface area contributed by atoms with Crippen molar-refractivity contribution in [2.45, 2.75) is 20.4 Å². The maximum Gasteiger partial charge on any atom is 0.0860 e. The highest BCUT2D eigenvalue weighted by molar-refractivity contribution is 7.09. The van der Waals surface area contributed by atoms with Gasteiger partial charge in [-0.1, -0.05) is 6.07 Å². The molecule has 0 aliphatic carbocycles. The van der Waals surface area contributed by atoms with Crippen molar-refractivity contribution < 1.29 is 0 Å². The van der Waals surface area contributed by atoms with Gasteiger partial charge in [-0.25, -0.2) is 4.99 Å². The van der Waals surface area contributed by atoms with Gasteiger partial charge in [0.1, 0.15) is 0 Å². The molecule has 0 saturated heterocycles. The maximum absolute atomic E-state index is 5.32. The van der Waals surface area contributed by atoms with Crippen molar-refractivity contribution in [3.8, 4) is 0 Å². The number of likely N-dealkylation sites (N-methyl/N-ethyl adjacent to an activating group) is 1. The monoisotopic (exact) mass is 342 g/mol. The van der Waals surface area contributed by atoms with Gasteiger partial charge in [-0.15, -0.1) is 11.3 Å². The Hall–Kier alpha value is -2.11. The molecule has 0 bridgehead atoms. The van der Waals surface area contributed by atoms with E-state index in [1.807, 2.05) is 6.07 Å². The van der Waals surface area contributed by atoms with Crippen molar-refractivity contribution in [3.63, 3.8) is 0 Å². The SMILES string of the molecule is Cc1cc2cc(N=CN)ccc2n1CCN(C)C.Cc1cccs1. The summed E-state index contributed by atoms with van der Waals surface area (Å²) >= 11 is 1.78. The molecule has 2 aromatic heterocycles. The molecule has 1 aromatic carbocycles.